The number of hydrogen-bond donors (Lipinski definition) is 1. The summed E-state index contributed by atoms with van der Waals surface area (Å²) in [7, 11) is 0. The van der Waals surface area contributed by atoms with E-state index in [1.165, 1.54) is 5.56 Å². The summed E-state index contributed by atoms with van der Waals surface area (Å²) in [4.78, 5) is 14.9. The number of amides is 1. The Hall–Kier alpha value is -1.92. The predicted octanol–water partition coefficient (Wildman–Crippen LogP) is 2.13. The van der Waals surface area contributed by atoms with Crippen LogP contribution in [0.5, 0.6) is 0 Å². The fraction of sp³-hybridized carbons (Fsp3) is 0.526. The number of nitrogens with one attached hydrogen (secondary N) is 1. The van der Waals surface area contributed by atoms with E-state index in [2.05, 4.69) is 32.5 Å². The lowest BCUT2D eigenvalue weighted by Gasteiger charge is -2.25. The zero-order valence-electron chi connectivity index (χ0n) is 14.6. The molecule has 2 fully saturated rings. The third-order valence-electron chi connectivity index (χ3n) is 5.78. The molecule has 1 aromatic carbocycles. The molecule has 3 heterocycles. The molecule has 1 N–H and O–H groups in total. The number of hydrogen-bond acceptors (Lipinski definition) is 4. The van der Waals surface area contributed by atoms with Crippen molar-refractivity contribution in [2.45, 2.75) is 38.4 Å². The maximum Gasteiger partial charge on any atom is 0.289 e. The third-order valence-corrected chi connectivity index (χ3v) is 6.03. The van der Waals surface area contributed by atoms with Crippen molar-refractivity contribution in [3.05, 3.63) is 46.5 Å². The van der Waals surface area contributed by atoms with Crippen molar-refractivity contribution in [1.82, 2.24) is 25.0 Å². The monoisotopic (exact) mass is 371 g/mol. The van der Waals surface area contributed by atoms with Crippen molar-refractivity contribution in [3.8, 4) is 0 Å². The zero-order chi connectivity index (χ0) is 17.7. The van der Waals surface area contributed by atoms with Crippen molar-refractivity contribution < 1.29 is 4.79 Å². The summed E-state index contributed by atoms with van der Waals surface area (Å²) in [6, 6.07) is 8.44. The van der Waals surface area contributed by atoms with Crippen molar-refractivity contribution in [1.29, 1.82) is 0 Å². The Morgan fingerprint density at radius 2 is 1.88 bits per heavy atom. The van der Waals surface area contributed by atoms with E-state index in [0.717, 1.165) is 56.3 Å². The van der Waals surface area contributed by atoms with Crippen molar-refractivity contribution >= 4 is 17.5 Å². The number of carbonyl (C=O) groups is 1. The first-order valence-corrected chi connectivity index (χ1v) is 9.73. The highest BCUT2D eigenvalue weighted by Gasteiger charge is 2.39. The predicted molar refractivity (Wildman–Crippen MR) is 97.9 cm³/mol. The molecule has 6 nitrogen and oxygen atoms in total. The van der Waals surface area contributed by atoms with E-state index in [1.807, 2.05) is 16.7 Å². The van der Waals surface area contributed by atoms with E-state index >= 15 is 0 Å². The Kier molecular flexibility index (Phi) is 3.98. The summed E-state index contributed by atoms with van der Waals surface area (Å²) in [6.07, 6.45) is 3.07. The molecule has 0 unspecified atom stereocenters. The second kappa shape index (κ2) is 6.35. The van der Waals surface area contributed by atoms with Crippen molar-refractivity contribution in [3.63, 3.8) is 0 Å². The van der Waals surface area contributed by atoms with Crippen LogP contribution in [-0.4, -0.2) is 44.7 Å². The number of aromatic nitrogens is 3. The Balaban J connectivity index is 1.27. The Bertz CT molecular complexity index is 829. The van der Waals surface area contributed by atoms with E-state index in [0.29, 0.717) is 23.7 Å². The average molecular weight is 372 g/mol. The van der Waals surface area contributed by atoms with Gasteiger partial charge in [0, 0.05) is 43.7 Å². The highest BCUT2D eigenvalue weighted by atomic mass is 35.5. The molecule has 3 aliphatic rings. The minimum absolute atomic E-state index is 0.0688. The van der Waals surface area contributed by atoms with E-state index in [9.17, 15) is 4.79 Å². The Morgan fingerprint density at radius 3 is 2.65 bits per heavy atom. The molecule has 1 aromatic heterocycles. The summed E-state index contributed by atoms with van der Waals surface area (Å²) in [5, 5.41) is 12.3. The van der Waals surface area contributed by atoms with Gasteiger partial charge in [-0.15, -0.1) is 10.2 Å². The maximum absolute atomic E-state index is 12.4. The zero-order valence-corrected chi connectivity index (χ0v) is 15.3. The number of halogens is 1. The molecule has 136 valence electrons. The van der Waals surface area contributed by atoms with E-state index < -0.39 is 0 Å². The summed E-state index contributed by atoms with van der Waals surface area (Å²) in [5.41, 5.74) is 1.29. The topological polar surface area (TPSA) is 63.1 Å². The first-order valence-electron chi connectivity index (χ1n) is 9.35. The maximum atomic E-state index is 12.4. The van der Waals surface area contributed by atoms with Crippen LogP contribution in [0.4, 0.5) is 0 Å². The van der Waals surface area contributed by atoms with Crippen molar-refractivity contribution in [2.24, 2.45) is 11.8 Å². The summed E-state index contributed by atoms with van der Waals surface area (Å²) in [5.74, 6) is 2.53. The van der Waals surface area contributed by atoms with Gasteiger partial charge >= 0.3 is 0 Å². The first-order chi connectivity index (χ1) is 12.7. The smallest absolute Gasteiger partial charge is 0.289 e. The lowest BCUT2D eigenvalue weighted by Crippen LogP contribution is -2.33. The van der Waals surface area contributed by atoms with Gasteiger partial charge in [0.1, 0.15) is 5.82 Å². The lowest BCUT2D eigenvalue weighted by molar-refractivity contribution is 0.0932. The van der Waals surface area contributed by atoms with Crippen LogP contribution in [0.2, 0.25) is 5.02 Å². The number of fused-ring (bicyclic) bond motifs is 2. The summed E-state index contributed by atoms with van der Waals surface area (Å²) in [6.45, 7) is 3.91. The molecule has 1 amide bonds. The number of carbonyl (C=O) groups excluding carboxylic acids is 1. The van der Waals surface area contributed by atoms with Crippen LogP contribution >= 0.6 is 11.6 Å². The van der Waals surface area contributed by atoms with E-state index in [4.69, 9.17) is 11.6 Å². The average Bonchev–Trinajstić information content (AvgIpc) is 3.20. The molecule has 1 saturated heterocycles. The number of benzene rings is 1. The molecule has 2 aromatic rings. The number of likely N-dealkylation sites (tertiary alicyclic amines) is 1. The van der Waals surface area contributed by atoms with Gasteiger partial charge < -0.3 is 9.88 Å². The number of rotatable bonds is 4. The minimum Gasteiger partial charge on any atom is -0.347 e. The summed E-state index contributed by atoms with van der Waals surface area (Å²) < 4.78 is 2.05. The second-order valence-corrected chi connectivity index (χ2v) is 8.28. The molecule has 0 bridgehead atoms. The molecule has 2 aliphatic heterocycles. The molecule has 26 heavy (non-hydrogen) atoms. The number of nitrogens with zero attached hydrogens (tertiary/aromatic N) is 4. The molecular weight excluding hydrogens is 350 g/mol. The van der Waals surface area contributed by atoms with Crippen LogP contribution in [0, 0.1) is 11.8 Å². The molecule has 7 heteroatoms. The molecule has 5 rings (SSSR count). The van der Waals surface area contributed by atoms with Crippen LogP contribution in [0.3, 0.4) is 0 Å². The highest BCUT2D eigenvalue weighted by molar-refractivity contribution is 6.30. The molecular formula is C19H22ClN5O. The van der Waals surface area contributed by atoms with Crippen LogP contribution in [0.25, 0.3) is 0 Å². The van der Waals surface area contributed by atoms with Gasteiger partial charge in [-0.25, -0.2) is 0 Å². The van der Waals surface area contributed by atoms with Gasteiger partial charge in [0.05, 0.1) is 0 Å². The highest BCUT2D eigenvalue weighted by Crippen LogP contribution is 2.33. The van der Waals surface area contributed by atoms with Gasteiger partial charge in [-0.3, -0.25) is 9.69 Å². The molecule has 2 atom stereocenters. The standard InChI is InChI=1S/C19H22ClN5O/c20-15-3-1-12(2-4-15)8-24-9-13-7-17-22-23-18(19(26)21-16-5-6-16)25(17)11-14(13)10-24/h1-4,13-14,16H,5-11H2,(H,21,26)/t13-,14-/m0/s1. The molecule has 1 aliphatic carbocycles. The quantitative estimate of drug-likeness (QED) is 0.894. The molecule has 1 saturated carbocycles. The SMILES string of the molecule is O=C(NC1CC1)c1nnc2n1C[C@@H]1CN(Cc3ccc(Cl)cc3)C[C@@H]1C2. The van der Waals surface area contributed by atoms with Gasteiger partial charge in [-0.05, 0) is 42.4 Å². The van der Waals surface area contributed by atoms with E-state index in [1.54, 1.807) is 0 Å². The lowest BCUT2D eigenvalue weighted by atomic mass is 9.89. The minimum atomic E-state index is -0.0688. The fourth-order valence-electron chi connectivity index (χ4n) is 4.24. The molecule has 0 radical (unpaired) electrons. The van der Waals surface area contributed by atoms with Crippen LogP contribution in [0.1, 0.15) is 34.8 Å². The van der Waals surface area contributed by atoms with Crippen molar-refractivity contribution in [2.75, 3.05) is 13.1 Å². The Labute approximate surface area is 157 Å². The second-order valence-electron chi connectivity index (χ2n) is 7.84. The van der Waals surface area contributed by atoms with Crippen LogP contribution in [-0.2, 0) is 19.5 Å². The molecule has 0 spiro atoms. The van der Waals surface area contributed by atoms with Gasteiger partial charge in [0.2, 0.25) is 5.82 Å². The van der Waals surface area contributed by atoms with Crippen LogP contribution < -0.4 is 5.32 Å². The summed E-state index contributed by atoms with van der Waals surface area (Å²) >= 11 is 5.98. The van der Waals surface area contributed by atoms with Crippen LogP contribution in [0.15, 0.2) is 24.3 Å². The first kappa shape index (κ1) is 16.3. The van der Waals surface area contributed by atoms with Gasteiger partial charge in [0.25, 0.3) is 5.91 Å². The largest absolute Gasteiger partial charge is 0.347 e. The Morgan fingerprint density at radius 1 is 1.12 bits per heavy atom. The van der Waals surface area contributed by atoms with Gasteiger partial charge in [-0.2, -0.15) is 0 Å². The normalized spacial score (nSPS) is 25.0. The van der Waals surface area contributed by atoms with E-state index in [-0.39, 0.29) is 5.91 Å². The van der Waals surface area contributed by atoms with Gasteiger partial charge in [-0.1, -0.05) is 23.7 Å². The fourth-order valence-corrected chi connectivity index (χ4v) is 4.37. The third kappa shape index (κ3) is 3.12. The van der Waals surface area contributed by atoms with Gasteiger partial charge in [0.15, 0.2) is 0 Å².